The first-order valence-electron chi connectivity index (χ1n) is 21.5. The summed E-state index contributed by atoms with van der Waals surface area (Å²) in [4.78, 5) is 25.7. The van der Waals surface area contributed by atoms with Gasteiger partial charge in [0.25, 0.3) is 5.79 Å². The third-order valence-electron chi connectivity index (χ3n) is 12.4. The minimum absolute atomic E-state index is 0.0243. The van der Waals surface area contributed by atoms with Crippen molar-refractivity contribution in [1.82, 2.24) is 5.32 Å². The summed E-state index contributed by atoms with van der Waals surface area (Å²) in [6.07, 6.45) is -44.0. The van der Waals surface area contributed by atoms with Gasteiger partial charge in [-0.15, -0.1) is 0 Å². The van der Waals surface area contributed by atoms with Gasteiger partial charge in [-0.3, -0.25) is 4.79 Å². The van der Waals surface area contributed by atoms with Gasteiger partial charge in [0.05, 0.1) is 45.2 Å². The Morgan fingerprint density at radius 2 is 1.18 bits per heavy atom. The molecule has 390 valence electrons. The molecule has 0 aliphatic carbocycles. The van der Waals surface area contributed by atoms with Crippen molar-refractivity contribution in [2.45, 2.75) is 180 Å². The largest absolute Gasteiger partial charge is 0.477 e. The van der Waals surface area contributed by atoms with E-state index >= 15 is 0 Å². The molecule has 0 bridgehead atoms. The van der Waals surface area contributed by atoms with E-state index in [4.69, 9.17) is 47.4 Å². The van der Waals surface area contributed by atoms with Crippen molar-refractivity contribution < 1.29 is 139 Å². The molecule has 29 heteroatoms. The zero-order valence-electron chi connectivity index (χ0n) is 36.4. The number of aliphatic carboxylic acids is 1. The monoisotopic (exact) mass is 983 g/mol. The fourth-order valence-electron chi connectivity index (χ4n) is 8.49. The molecular weight excluding hydrogens is 918 g/mol. The maximum Gasteiger partial charge on any atom is 0.364 e. The van der Waals surface area contributed by atoms with E-state index in [1.54, 1.807) is 6.92 Å². The van der Waals surface area contributed by atoms with Gasteiger partial charge >= 0.3 is 5.97 Å². The quantitative estimate of drug-likeness (QED) is 0.0571. The van der Waals surface area contributed by atoms with Crippen molar-refractivity contribution >= 4 is 11.9 Å². The average Bonchev–Trinajstić information content (AvgIpc) is 3.29. The lowest BCUT2D eigenvalue weighted by Gasteiger charge is -2.50. The summed E-state index contributed by atoms with van der Waals surface area (Å²) in [5, 5.41) is 173. The van der Waals surface area contributed by atoms with Crippen LogP contribution in [0.1, 0.15) is 27.2 Å². The number of carboxylic acids is 1. The summed E-state index contributed by atoms with van der Waals surface area (Å²) < 4.78 is 57.1. The van der Waals surface area contributed by atoms with Crippen LogP contribution >= 0.6 is 0 Å². The van der Waals surface area contributed by atoms with Crippen LogP contribution in [0.2, 0.25) is 0 Å². The fourth-order valence-corrected chi connectivity index (χ4v) is 8.49. The van der Waals surface area contributed by atoms with Crippen molar-refractivity contribution in [2.75, 3.05) is 39.6 Å². The van der Waals surface area contributed by atoms with Crippen molar-refractivity contribution in [3.05, 3.63) is 0 Å². The van der Waals surface area contributed by atoms with E-state index in [1.165, 1.54) is 6.92 Å². The summed E-state index contributed by atoms with van der Waals surface area (Å²) in [5.41, 5.74) is 0. The van der Waals surface area contributed by atoms with Gasteiger partial charge < -0.3 is 134 Å². The summed E-state index contributed by atoms with van der Waals surface area (Å²) in [7, 11) is 0. The lowest BCUT2D eigenvalue weighted by molar-refractivity contribution is -0.384. The average molecular weight is 984 g/mol. The molecule has 26 atom stereocenters. The third kappa shape index (κ3) is 12.0. The number of aliphatic hydroxyl groups excluding tert-OH is 15. The summed E-state index contributed by atoms with van der Waals surface area (Å²) in [6.45, 7) is -0.946. The Bertz CT molecular complexity index is 1570. The number of ether oxygens (including phenoxy) is 10. The van der Waals surface area contributed by atoms with E-state index in [0.29, 0.717) is 0 Å². The predicted molar refractivity (Wildman–Crippen MR) is 208 cm³/mol. The fraction of sp³-hybridized carbons (Fsp3) is 0.947. The Morgan fingerprint density at radius 3 is 1.75 bits per heavy atom. The van der Waals surface area contributed by atoms with Crippen LogP contribution < -0.4 is 5.32 Å². The van der Waals surface area contributed by atoms with Gasteiger partial charge in [0.15, 0.2) is 25.2 Å². The standard InChI is InChI=1S/C38H65NO28/c1-4-58-34-27(54)25(52)30(17(9-43)62-34)64-36-28(55)32(22(49)16(8-42)61-36)66-33-19(39-12(3)44)31(65-35-26(53)24(51)21(48)15(7-41)60-35)23(50)18(63-33)10-59-38(37(56)57)5-13(45)11(2)29(67-38)20(47)14(46)6-40/h11,13-36,40-43,45-55H,4-10H2,1-3H3,(H,39,44)(H,56,57)/t11-,13-,14-,15?,16?,17?,18?,19+,20-,21+,22+,23-,24+,25-,26?,27+,28+,29?,30-,31-,32+,33?,34?,35+,36?,38-/m1/s1. The van der Waals surface area contributed by atoms with Crippen molar-refractivity contribution in [1.29, 1.82) is 0 Å². The Morgan fingerprint density at radius 1 is 0.657 bits per heavy atom. The smallest absolute Gasteiger partial charge is 0.364 e. The number of carbonyl (C=O) groups excluding carboxylic acids is 1. The summed E-state index contributed by atoms with van der Waals surface area (Å²) in [5.74, 6) is -6.75. The van der Waals surface area contributed by atoms with Crippen molar-refractivity contribution in [3.63, 3.8) is 0 Å². The molecule has 29 nitrogen and oxygen atoms in total. The van der Waals surface area contributed by atoms with E-state index in [0.717, 1.165) is 6.92 Å². The van der Waals surface area contributed by atoms with Crippen LogP contribution in [0, 0.1) is 5.92 Å². The normalized spacial score (nSPS) is 47.2. The maximum atomic E-state index is 12.9. The van der Waals surface area contributed by atoms with Crippen LogP contribution in [0.25, 0.3) is 0 Å². The second-order valence-electron chi connectivity index (χ2n) is 17.0. The van der Waals surface area contributed by atoms with Gasteiger partial charge in [-0.1, -0.05) is 6.92 Å². The zero-order chi connectivity index (χ0) is 49.8. The van der Waals surface area contributed by atoms with Gasteiger partial charge in [-0.2, -0.15) is 0 Å². The van der Waals surface area contributed by atoms with E-state index in [2.05, 4.69) is 5.32 Å². The molecule has 5 fully saturated rings. The second kappa shape index (κ2) is 23.9. The molecule has 0 aromatic carbocycles. The second-order valence-corrected chi connectivity index (χ2v) is 17.0. The van der Waals surface area contributed by atoms with Crippen LogP contribution in [0.4, 0.5) is 0 Å². The molecule has 0 aromatic rings. The van der Waals surface area contributed by atoms with Crippen LogP contribution in [0.3, 0.4) is 0 Å². The number of rotatable bonds is 19. The first kappa shape index (κ1) is 55.9. The molecule has 5 aliphatic rings. The molecule has 9 unspecified atom stereocenters. The van der Waals surface area contributed by atoms with Crippen LogP contribution in [0.5, 0.6) is 0 Å². The molecule has 0 aromatic heterocycles. The van der Waals surface area contributed by atoms with Crippen molar-refractivity contribution in [2.24, 2.45) is 5.92 Å². The third-order valence-corrected chi connectivity index (χ3v) is 12.4. The first-order valence-corrected chi connectivity index (χ1v) is 21.5. The molecule has 5 saturated heterocycles. The Kier molecular flexibility index (Phi) is 19.9. The molecule has 1 amide bonds. The summed E-state index contributed by atoms with van der Waals surface area (Å²) >= 11 is 0. The lowest BCUT2D eigenvalue weighted by Crippen LogP contribution is -2.70. The van der Waals surface area contributed by atoms with Crippen LogP contribution in [-0.4, -0.2) is 286 Å². The SMILES string of the molecule is CCOC1OC(CO)[C@@H](OC2OC(CO)[C@H](O)[C@H](OC3OC(CO[C@]4(C(=O)O)C[C@@H](O)[C@@H](C)C([C@H](O)[C@H](O)CO)O4)[C@@H](O)[C@H](O[C@@H]4OC(CO)[C@H](O)[C@H](O)C4O)[C@@H]3NC(C)=O)[C@@H]2O)[C@H](O)[C@@H]1O. The Hall–Kier alpha value is -2.06. The van der Waals surface area contributed by atoms with Crippen LogP contribution in [-0.2, 0) is 57.0 Å². The van der Waals surface area contributed by atoms with E-state index in [1.807, 2.05) is 0 Å². The molecule has 5 rings (SSSR count). The van der Waals surface area contributed by atoms with Gasteiger partial charge in [0, 0.05) is 25.9 Å². The van der Waals surface area contributed by atoms with Gasteiger partial charge in [0.1, 0.15) is 110 Å². The summed E-state index contributed by atoms with van der Waals surface area (Å²) in [6, 6.07) is -1.84. The van der Waals surface area contributed by atoms with Gasteiger partial charge in [0.2, 0.25) is 5.91 Å². The topological polar surface area (TPSA) is 462 Å². The van der Waals surface area contributed by atoms with E-state index in [-0.39, 0.29) is 6.61 Å². The molecule has 5 heterocycles. The van der Waals surface area contributed by atoms with Crippen LogP contribution in [0.15, 0.2) is 0 Å². The molecule has 0 spiro atoms. The number of hydrogen-bond acceptors (Lipinski definition) is 27. The molecule has 5 aliphatic heterocycles. The van der Waals surface area contributed by atoms with Crippen molar-refractivity contribution in [3.8, 4) is 0 Å². The number of nitrogens with one attached hydrogen (secondary N) is 1. The molecule has 0 radical (unpaired) electrons. The minimum atomic E-state index is -2.89. The van der Waals surface area contributed by atoms with Gasteiger partial charge in [-0.25, -0.2) is 4.79 Å². The number of carboxylic acid groups (broad SMARTS) is 1. The number of carbonyl (C=O) groups is 2. The molecule has 17 N–H and O–H groups in total. The van der Waals surface area contributed by atoms with Gasteiger partial charge in [-0.05, 0) is 6.92 Å². The highest BCUT2D eigenvalue weighted by molar-refractivity contribution is 5.76. The highest BCUT2D eigenvalue weighted by Gasteiger charge is 2.59. The first-order chi connectivity index (χ1) is 31.6. The maximum absolute atomic E-state index is 12.9. The number of aliphatic hydroxyl groups is 15. The van der Waals surface area contributed by atoms with E-state index in [9.17, 15) is 91.3 Å². The highest BCUT2D eigenvalue weighted by atomic mass is 16.8. The van der Waals surface area contributed by atoms with E-state index < -0.39 is 210 Å². The molecular formula is C38H65NO28. The highest BCUT2D eigenvalue weighted by Crippen LogP contribution is 2.39. The molecule has 0 saturated carbocycles. The Labute approximate surface area is 381 Å². The lowest BCUT2D eigenvalue weighted by atomic mass is 9.84. The minimum Gasteiger partial charge on any atom is -0.477 e. The zero-order valence-corrected chi connectivity index (χ0v) is 36.4. The number of hydrogen-bond donors (Lipinski definition) is 17. The Balaban J connectivity index is 1.51. The predicted octanol–water partition coefficient (Wildman–Crippen LogP) is -10.3. The molecule has 67 heavy (non-hydrogen) atoms. The number of amides is 1.